The normalized spacial score (nSPS) is 15.8. The fourth-order valence-electron chi connectivity index (χ4n) is 3.05. The van der Waals surface area contributed by atoms with Crippen molar-refractivity contribution in [2.45, 2.75) is 24.9 Å². The number of alkyl halides is 3. The number of aromatic nitrogens is 5. The highest BCUT2D eigenvalue weighted by molar-refractivity contribution is 5.92. The SMILES string of the molecule is O=C(c1cnn(-c2ccccc2)n1)N1CCC(c2nnc(C(F)(F)F)o2)CC1. The quantitative estimate of drug-likeness (QED) is 0.681. The van der Waals surface area contributed by atoms with Crippen molar-refractivity contribution in [3.05, 3.63) is 54.0 Å². The molecule has 8 nitrogen and oxygen atoms in total. The first kappa shape index (κ1) is 18.1. The van der Waals surface area contributed by atoms with E-state index < -0.39 is 12.1 Å². The molecular weight excluding hydrogens is 377 g/mol. The number of likely N-dealkylation sites (tertiary alicyclic amines) is 1. The maximum Gasteiger partial charge on any atom is 0.470 e. The minimum Gasteiger partial charge on any atom is -0.417 e. The molecule has 0 aliphatic carbocycles. The van der Waals surface area contributed by atoms with Crippen molar-refractivity contribution in [2.24, 2.45) is 0 Å². The van der Waals surface area contributed by atoms with E-state index in [-0.39, 0.29) is 23.4 Å². The second-order valence-corrected chi connectivity index (χ2v) is 6.36. The number of benzene rings is 1. The standard InChI is InChI=1S/C17H15F3N6O2/c18-17(19,20)16-23-22-14(28-16)11-6-8-25(9-7-11)15(27)13-10-21-26(24-13)12-4-2-1-3-5-12/h1-5,10-11H,6-9H2. The summed E-state index contributed by atoms with van der Waals surface area (Å²) in [6, 6.07) is 9.18. The van der Waals surface area contributed by atoms with Crippen LogP contribution in [0.4, 0.5) is 13.2 Å². The molecule has 1 aliphatic rings. The molecule has 0 atom stereocenters. The Morgan fingerprint density at radius 2 is 1.82 bits per heavy atom. The van der Waals surface area contributed by atoms with Crippen LogP contribution in [-0.2, 0) is 6.18 Å². The summed E-state index contributed by atoms with van der Waals surface area (Å²) in [6.07, 6.45) is -2.41. The van der Waals surface area contributed by atoms with E-state index in [4.69, 9.17) is 4.42 Å². The van der Waals surface area contributed by atoms with Crippen molar-refractivity contribution >= 4 is 5.91 Å². The summed E-state index contributed by atoms with van der Waals surface area (Å²) in [7, 11) is 0. The molecule has 0 bridgehead atoms. The molecule has 3 aromatic rings. The Morgan fingerprint density at radius 1 is 1.11 bits per heavy atom. The molecular formula is C17H15F3N6O2. The molecule has 1 saturated heterocycles. The van der Waals surface area contributed by atoms with Crippen molar-refractivity contribution in [2.75, 3.05) is 13.1 Å². The van der Waals surface area contributed by atoms with Gasteiger partial charge in [-0.3, -0.25) is 4.79 Å². The van der Waals surface area contributed by atoms with E-state index in [9.17, 15) is 18.0 Å². The van der Waals surface area contributed by atoms with Crippen LogP contribution in [0.5, 0.6) is 0 Å². The Labute approximate surface area is 157 Å². The van der Waals surface area contributed by atoms with Crippen molar-refractivity contribution < 1.29 is 22.4 Å². The van der Waals surface area contributed by atoms with Crippen LogP contribution in [-0.4, -0.2) is 49.1 Å². The highest BCUT2D eigenvalue weighted by Gasteiger charge is 2.39. The molecule has 0 saturated carbocycles. The summed E-state index contributed by atoms with van der Waals surface area (Å²) in [5.41, 5.74) is 0.941. The van der Waals surface area contributed by atoms with Crippen molar-refractivity contribution in [3.8, 4) is 5.69 Å². The Bertz CT molecular complexity index is 961. The summed E-state index contributed by atoms with van der Waals surface area (Å²) in [4.78, 5) is 15.6. The van der Waals surface area contributed by atoms with E-state index in [1.165, 1.54) is 11.0 Å². The third-order valence-electron chi connectivity index (χ3n) is 4.51. The fourth-order valence-corrected chi connectivity index (χ4v) is 3.05. The van der Waals surface area contributed by atoms with Gasteiger partial charge in [0.1, 0.15) is 0 Å². The van der Waals surface area contributed by atoms with Gasteiger partial charge in [-0.25, -0.2) is 0 Å². The number of hydrogen-bond donors (Lipinski definition) is 0. The zero-order valence-corrected chi connectivity index (χ0v) is 14.5. The predicted octanol–water partition coefficient (Wildman–Crippen LogP) is 2.69. The first-order valence-corrected chi connectivity index (χ1v) is 8.59. The number of nitrogens with zero attached hydrogens (tertiary/aromatic N) is 6. The Balaban J connectivity index is 1.39. The number of para-hydroxylation sites is 1. The van der Waals surface area contributed by atoms with Crippen LogP contribution in [0.15, 0.2) is 40.9 Å². The van der Waals surface area contributed by atoms with Crippen LogP contribution >= 0.6 is 0 Å². The molecule has 0 spiro atoms. The van der Waals surface area contributed by atoms with E-state index in [0.29, 0.717) is 25.9 Å². The molecule has 28 heavy (non-hydrogen) atoms. The van der Waals surface area contributed by atoms with Gasteiger partial charge < -0.3 is 9.32 Å². The van der Waals surface area contributed by atoms with Crippen molar-refractivity contribution in [3.63, 3.8) is 0 Å². The lowest BCUT2D eigenvalue weighted by Crippen LogP contribution is -2.38. The predicted molar refractivity (Wildman–Crippen MR) is 88.5 cm³/mol. The lowest BCUT2D eigenvalue weighted by molar-refractivity contribution is -0.157. The zero-order valence-electron chi connectivity index (χ0n) is 14.5. The van der Waals surface area contributed by atoms with Gasteiger partial charge in [0, 0.05) is 19.0 Å². The van der Waals surface area contributed by atoms with E-state index in [2.05, 4.69) is 20.4 Å². The molecule has 146 valence electrons. The maximum absolute atomic E-state index is 12.6. The molecule has 0 radical (unpaired) electrons. The van der Waals surface area contributed by atoms with Crippen molar-refractivity contribution in [1.82, 2.24) is 30.1 Å². The van der Waals surface area contributed by atoms with Gasteiger partial charge in [0.2, 0.25) is 5.89 Å². The van der Waals surface area contributed by atoms with Gasteiger partial charge >= 0.3 is 12.1 Å². The number of rotatable bonds is 3. The number of carbonyl (C=O) groups excluding carboxylic acids is 1. The molecule has 1 aliphatic heterocycles. The first-order valence-electron chi connectivity index (χ1n) is 8.59. The van der Waals surface area contributed by atoms with Gasteiger partial charge in [0.15, 0.2) is 5.69 Å². The van der Waals surface area contributed by atoms with Crippen LogP contribution in [0.2, 0.25) is 0 Å². The topological polar surface area (TPSA) is 89.9 Å². The molecule has 0 unspecified atom stereocenters. The fraction of sp³-hybridized carbons (Fsp3) is 0.353. The highest BCUT2D eigenvalue weighted by atomic mass is 19.4. The summed E-state index contributed by atoms with van der Waals surface area (Å²) < 4.78 is 42.5. The molecule has 0 N–H and O–H groups in total. The van der Waals surface area contributed by atoms with Crippen molar-refractivity contribution in [1.29, 1.82) is 0 Å². The van der Waals surface area contributed by atoms with Gasteiger partial charge in [-0.15, -0.1) is 15.3 Å². The van der Waals surface area contributed by atoms with E-state index in [1.807, 2.05) is 30.3 Å². The average molecular weight is 392 g/mol. The zero-order chi connectivity index (χ0) is 19.7. The molecule has 2 aromatic heterocycles. The highest BCUT2D eigenvalue weighted by Crippen LogP contribution is 2.32. The van der Waals surface area contributed by atoms with Gasteiger partial charge in [0.05, 0.1) is 11.9 Å². The molecule has 4 rings (SSSR count). The first-order chi connectivity index (χ1) is 13.4. The second kappa shape index (κ2) is 7.06. The molecule has 11 heteroatoms. The van der Waals surface area contributed by atoms with Gasteiger partial charge in [-0.1, -0.05) is 18.2 Å². The number of halogens is 3. The number of hydrogen-bond acceptors (Lipinski definition) is 6. The van der Waals surface area contributed by atoms with E-state index in [0.717, 1.165) is 5.69 Å². The Hall–Kier alpha value is -3.24. The average Bonchev–Trinajstić information content (AvgIpc) is 3.38. The lowest BCUT2D eigenvalue weighted by atomic mass is 9.96. The van der Waals surface area contributed by atoms with Gasteiger partial charge in [-0.05, 0) is 25.0 Å². The second-order valence-electron chi connectivity index (χ2n) is 6.36. The summed E-state index contributed by atoms with van der Waals surface area (Å²) >= 11 is 0. The van der Waals surface area contributed by atoms with Gasteiger partial charge in [-0.2, -0.15) is 23.1 Å². The van der Waals surface area contributed by atoms with E-state index >= 15 is 0 Å². The number of amides is 1. The van der Waals surface area contributed by atoms with Crippen LogP contribution in [0, 0.1) is 0 Å². The molecule has 1 amide bonds. The molecule has 1 fully saturated rings. The smallest absolute Gasteiger partial charge is 0.417 e. The summed E-state index contributed by atoms with van der Waals surface area (Å²) in [6.45, 7) is 0.705. The molecule has 1 aromatic carbocycles. The minimum absolute atomic E-state index is 0.0468. The Morgan fingerprint density at radius 3 is 2.46 bits per heavy atom. The van der Waals surface area contributed by atoms with Crippen LogP contribution in [0.1, 0.15) is 41.0 Å². The van der Waals surface area contributed by atoms with Crippen LogP contribution in [0.25, 0.3) is 5.69 Å². The number of piperidine rings is 1. The van der Waals surface area contributed by atoms with Gasteiger partial charge in [0.25, 0.3) is 5.91 Å². The number of carbonyl (C=O) groups is 1. The summed E-state index contributed by atoms with van der Waals surface area (Å²) in [5.74, 6) is -1.98. The van der Waals surface area contributed by atoms with Crippen LogP contribution < -0.4 is 0 Å². The van der Waals surface area contributed by atoms with Crippen LogP contribution in [0.3, 0.4) is 0 Å². The summed E-state index contributed by atoms with van der Waals surface area (Å²) in [5, 5.41) is 14.9. The van der Waals surface area contributed by atoms with E-state index in [1.54, 1.807) is 4.90 Å². The maximum atomic E-state index is 12.6. The monoisotopic (exact) mass is 392 g/mol. The molecule has 3 heterocycles. The minimum atomic E-state index is -4.66. The Kier molecular flexibility index (Phi) is 4.57. The lowest BCUT2D eigenvalue weighted by Gasteiger charge is -2.29. The largest absolute Gasteiger partial charge is 0.470 e. The third-order valence-corrected chi connectivity index (χ3v) is 4.51. The third kappa shape index (κ3) is 3.59.